The van der Waals surface area contributed by atoms with Crippen molar-refractivity contribution in [2.45, 2.75) is 66.4 Å². The van der Waals surface area contributed by atoms with E-state index < -0.39 is 30.3 Å². The molecular formula is C40H45F4N2O4-. The quantitative estimate of drug-likeness (QED) is 0.136. The minimum atomic E-state index is -2.73. The van der Waals surface area contributed by atoms with Gasteiger partial charge in [0, 0.05) is 44.8 Å². The Bertz CT molecular complexity index is 1750. The summed E-state index contributed by atoms with van der Waals surface area (Å²) in [5.74, 6) is -0.536. The first-order valence-electron chi connectivity index (χ1n) is 16.1. The molecule has 0 saturated heterocycles. The molecule has 1 unspecified atom stereocenters. The average Bonchev–Trinajstić information content (AvgIpc) is 3.04. The average molecular weight is 694 g/mol. The number of allylic oxidation sites excluding steroid dienone is 2. The number of rotatable bonds is 11. The first-order chi connectivity index (χ1) is 23.1. The number of carbonyl (C=O) groups excluding carboxylic acids is 2. The Balaban J connectivity index is 0.000000340. The van der Waals surface area contributed by atoms with Crippen LogP contribution in [-0.4, -0.2) is 22.4 Å². The second kappa shape index (κ2) is 18.8. The van der Waals surface area contributed by atoms with Gasteiger partial charge in [0.15, 0.2) is 0 Å². The van der Waals surface area contributed by atoms with Gasteiger partial charge < -0.3 is 21.2 Å². The van der Waals surface area contributed by atoms with Crippen molar-refractivity contribution in [1.82, 2.24) is 0 Å². The van der Waals surface area contributed by atoms with Gasteiger partial charge in [-0.3, -0.25) is 9.59 Å². The van der Waals surface area contributed by atoms with Crippen molar-refractivity contribution >= 4 is 28.8 Å². The van der Waals surface area contributed by atoms with Gasteiger partial charge in [0.05, 0.1) is 5.60 Å². The summed E-state index contributed by atoms with van der Waals surface area (Å²) in [5.41, 5.74) is 1.71. The Labute approximate surface area is 291 Å². The van der Waals surface area contributed by atoms with E-state index in [1.54, 1.807) is 55.5 Å². The van der Waals surface area contributed by atoms with E-state index in [9.17, 15) is 32.3 Å². The van der Waals surface area contributed by atoms with Gasteiger partial charge in [0.25, 0.3) is 24.7 Å². The van der Waals surface area contributed by atoms with E-state index >= 15 is 0 Å². The molecule has 4 aromatic rings. The van der Waals surface area contributed by atoms with Crippen LogP contribution in [-0.2, 0) is 5.60 Å². The van der Waals surface area contributed by atoms with Crippen LogP contribution in [0.15, 0.2) is 103 Å². The van der Waals surface area contributed by atoms with Crippen molar-refractivity contribution in [3.63, 3.8) is 0 Å². The third kappa shape index (κ3) is 11.4. The number of hydrogen-bond acceptors (Lipinski definition) is 4. The molecule has 4 N–H and O–H groups in total. The predicted molar refractivity (Wildman–Crippen MR) is 191 cm³/mol. The summed E-state index contributed by atoms with van der Waals surface area (Å²) < 4.78 is 52.4. The molecule has 0 aromatic heterocycles. The van der Waals surface area contributed by atoms with Gasteiger partial charge in [-0.05, 0) is 61.9 Å². The lowest BCUT2D eigenvalue weighted by atomic mass is 9.86. The fourth-order valence-electron chi connectivity index (χ4n) is 5.66. The number of para-hydroxylation sites is 2. The summed E-state index contributed by atoms with van der Waals surface area (Å²) in [6, 6.07) is 25.6. The molecule has 50 heavy (non-hydrogen) atoms. The molecule has 0 heterocycles. The second-order valence-electron chi connectivity index (χ2n) is 12.7. The van der Waals surface area contributed by atoms with Crippen LogP contribution in [0, 0.1) is 11.8 Å². The van der Waals surface area contributed by atoms with Gasteiger partial charge in [-0.1, -0.05) is 107 Å². The SMILES string of the molecule is CC(=CC(C)C)c1ccccc1NC(=O)c1ccccc1C(F)F.CC(C)CC(C)(O)c1ccccc1NC(=O)c1ccccc1C(F)F.[OH-]. The topological polar surface area (TPSA) is 108 Å². The number of carbonyl (C=O) groups is 2. The van der Waals surface area contributed by atoms with Crippen molar-refractivity contribution in [3.8, 4) is 0 Å². The molecule has 0 aliphatic heterocycles. The van der Waals surface area contributed by atoms with Crippen LogP contribution in [0.4, 0.5) is 28.9 Å². The predicted octanol–water partition coefficient (Wildman–Crippen LogP) is 10.9. The third-order valence-electron chi connectivity index (χ3n) is 7.63. The molecule has 0 saturated carbocycles. The Morgan fingerprint density at radius 1 is 0.680 bits per heavy atom. The molecule has 2 amide bonds. The highest BCUT2D eigenvalue weighted by Crippen LogP contribution is 2.34. The van der Waals surface area contributed by atoms with Crippen molar-refractivity contribution in [3.05, 3.63) is 137 Å². The lowest BCUT2D eigenvalue weighted by Gasteiger charge is -2.28. The standard InChI is InChI=1S/C20H23F2NO2.C20H21F2NO.H2O/c1-13(2)12-20(3,25)16-10-6-7-11-17(16)23-19(24)15-9-5-4-8-14(15)18(21)22;1-13(2)12-14(3)15-8-6-7-11-18(15)23-20(24)17-10-5-4-9-16(17)19(21)22;/h4-11,13,18,25H,12H2,1-3H3,(H,23,24);4-13,19H,1-3H3,(H,23,24);1H2/p-1. The normalized spacial score (nSPS) is 12.6. The third-order valence-corrected chi connectivity index (χ3v) is 7.63. The van der Waals surface area contributed by atoms with E-state index in [1.807, 2.05) is 32.9 Å². The van der Waals surface area contributed by atoms with Crippen LogP contribution in [0.25, 0.3) is 5.57 Å². The Morgan fingerprint density at radius 3 is 1.54 bits per heavy atom. The summed E-state index contributed by atoms with van der Waals surface area (Å²) in [5, 5.41) is 16.2. The molecule has 10 heteroatoms. The largest absolute Gasteiger partial charge is 0.870 e. The first kappa shape index (κ1) is 41.4. The van der Waals surface area contributed by atoms with Crippen molar-refractivity contribution in [2.24, 2.45) is 11.8 Å². The van der Waals surface area contributed by atoms with E-state index in [4.69, 9.17) is 0 Å². The smallest absolute Gasteiger partial charge is 0.264 e. The summed E-state index contributed by atoms with van der Waals surface area (Å²) >= 11 is 0. The fourth-order valence-corrected chi connectivity index (χ4v) is 5.66. The number of amides is 2. The monoisotopic (exact) mass is 693 g/mol. The van der Waals surface area contributed by atoms with Gasteiger partial charge >= 0.3 is 0 Å². The zero-order chi connectivity index (χ0) is 36.3. The van der Waals surface area contributed by atoms with Gasteiger partial charge in [0.2, 0.25) is 0 Å². The first-order valence-corrected chi connectivity index (χ1v) is 16.1. The molecule has 0 bridgehead atoms. The van der Waals surface area contributed by atoms with Crippen LogP contribution in [0.3, 0.4) is 0 Å². The molecule has 4 rings (SSSR count). The van der Waals surface area contributed by atoms with Crippen LogP contribution < -0.4 is 10.6 Å². The Kier molecular flexibility index (Phi) is 15.6. The number of benzene rings is 4. The van der Waals surface area contributed by atoms with Crippen LogP contribution in [0.5, 0.6) is 0 Å². The van der Waals surface area contributed by atoms with Gasteiger partial charge in [-0.15, -0.1) is 0 Å². The van der Waals surface area contributed by atoms with Crippen LogP contribution >= 0.6 is 0 Å². The minimum absolute atomic E-state index is 0. The molecule has 268 valence electrons. The van der Waals surface area contributed by atoms with E-state index in [1.165, 1.54) is 36.4 Å². The number of halogens is 4. The molecule has 1 atom stereocenters. The number of nitrogens with one attached hydrogen (secondary N) is 2. The number of aliphatic hydroxyl groups is 1. The van der Waals surface area contributed by atoms with E-state index in [2.05, 4.69) is 30.6 Å². The highest BCUT2D eigenvalue weighted by molar-refractivity contribution is 6.07. The van der Waals surface area contributed by atoms with Crippen LogP contribution in [0.2, 0.25) is 0 Å². The van der Waals surface area contributed by atoms with Crippen LogP contribution in [0.1, 0.15) is 104 Å². The van der Waals surface area contributed by atoms with Crippen molar-refractivity contribution < 1.29 is 37.7 Å². The van der Waals surface area contributed by atoms with E-state index in [0.717, 1.165) is 11.1 Å². The summed E-state index contributed by atoms with van der Waals surface area (Å²) in [4.78, 5) is 25.0. The molecule has 6 nitrogen and oxygen atoms in total. The maximum absolute atomic E-state index is 13.1. The molecule has 0 aliphatic rings. The van der Waals surface area contributed by atoms with Gasteiger partial charge in [-0.25, -0.2) is 17.6 Å². The lowest BCUT2D eigenvalue weighted by Crippen LogP contribution is -2.26. The summed E-state index contributed by atoms with van der Waals surface area (Å²) in [6.45, 7) is 11.8. The lowest BCUT2D eigenvalue weighted by molar-refractivity contribution is 0.0355. The molecule has 0 aliphatic carbocycles. The highest BCUT2D eigenvalue weighted by atomic mass is 19.3. The van der Waals surface area contributed by atoms with Crippen molar-refractivity contribution in [1.29, 1.82) is 0 Å². The maximum atomic E-state index is 13.1. The molecule has 0 spiro atoms. The molecule has 4 aromatic carbocycles. The van der Waals surface area contributed by atoms with E-state index in [-0.39, 0.29) is 33.6 Å². The molecular weight excluding hydrogens is 648 g/mol. The number of anilines is 2. The highest BCUT2D eigenvalue weighted by Gasteiger charge is 2.28. The van der Waals surface area contributed by atoms with E-state index in [0.29, 0.717) is 29.3 Å². The second-order valence-corrected chi connectivity index (χ2v) is 12.7. The Hall–Kier alpha value is -4.80. The number of hydrogen-bond donors (Lipinski definition) is 3. The summed E-state index contributed by atoms with van der Waals surface area (Å²) in [7, 11) is 0. The maximum Gasteiger partial charge on any atom is 0.264 e. The Morgan fingerprint density at radius 2 is 1.08 bits per heavy atom. The molecule has 0 fully saturated rings. The van der Waals surface area contributed by atoms with Gasteiger partial charge in [-0.2, -0.15) is 0 Å². The minimum Gasteiger partial charge on any atom is -0.870 e. The number of alkyl halides is 4. The van der Waals surface area contributed by atoms with Gasteiger partial charge in [0.1, 0.15) is 0 Å². The zero-order valence-corrected chi connectivity index (χ0v) is 29.1. The zero-order valence-electron chi connectivity index (χ0n) is 29.1. The summed E-state index contributed by atoms with van der Waals surface area (Å²) in [6.07, 6.45) is -2.82. The fraction of sp³-hybridized carbons (Fsp3) is 0.300. The van der Waals surface area contributed by atoms with Crippen molar-refractivity contribution in [2.75, 3.05) is 10.6 Å². The molecule has 0 radical (unpaired) electrons.